The molecule has 4 aromatic rings. The zero-order chi connectivity index (χ0) is 23.0. The summed E-state index contributed by atoms with van der Waals surface area (Å²) in [4.78, 5) is 0. The van der Waals surface area contributed by atoms with Crippen LogP contribution in [0.4, 0.5) is 0 Å². The highest BCUT2D eigenvalue weighted by Gasteiger charge is 2.66. The minimum Gasteiger partial charge on any atom is -0.126 e. The quantitative estimate of drug-likeness (QED) is 0.258. The van der Waals surface area contributed by atoms with Crippen LogP contribution in [-0.4, -0.2) is 8.07 Å². The lowest BCUT2D eigenvalue weighted by molar-refractivity contribution is -0.954. The fourth-order valence-electron chi connectivity index (χ4n) is 6.10. The monoisotopic (exact) mass is 448 g/mol. The van der Waals surface area contributed by atoms with Gasteiger partial charge < -0.3 is 0 Å². The number of fused-ring (bicyclic) bond motifs is 10. The van der Waals surface area contributed by atoms with Crippen molar-refractivity contribution >= 4 is 13.3 Å². The van der Waals surface area contributed by atoms with Gasteiger partial charge in [0.25, 0.3) is 0 Å². The first-order chi connectivity index (χ1) is 15.8. The molecule has 1 unspecified atom stereocenters. The zero-order valence-electron chi connectivity index (χ0n) is 20.3. The van der Waals surface area contributed by atoms with Gasteiger partial charge in [-0.15, -0.1) is 9.13 Å². The van der Waals surface area contributed by atoms with E-state index in [4.69, 9.17) is 0 Å². The van der Waals surface area contributed by atoms with E-state index in [0.717, 1.165) is 6.42 Å². The van der Waals surface area contributed by atoms with Crippen LogP contribution in [-0.2, 0) is 12.1 Å². The van der Waals surface area contributed by atoms with E-state index in [1.807, 2.05) is 0 Å². The lowest BCUT2D eigenvalue weighted by atomic mass is 9.90. The summed E-state index contributed by atoms with van der Waals surface area (Å²) in [7, 11) is -1.57. The van der Waals surface area contributed by atoms with Gasteiger partial charge in [0.1, 0.15) is 11.1 Å². The molecule has 0 aliphatic carbocycles. The van der Waals surface area contributed by atoms with Gasteiger partial charge in [-0.3, -0.25) is 0 Å². The average molecular weight is 449 g/mol. The van der Waals surface area contributed by atoms with Crippen molar-refractivity contribution < 1.29 is 9.13 Å². The number of benzene rings is 2. The zero-order valence-corrected chi connectivity index (χ0v) is 21.3. The van der Waals surface area contributed by atoms with E-state index in [0.29, 0.717) is 5.92 Å². The summed E-state index contributed by atoms with van der Waals surface area (Å²) in [5, 5.41) is 1.58. The molecule has 2 nitrogen and oxygen atoms in total. The number of aromatic nitrogens is 2. The molecule has 1 spiro atoms. The molecule has 0 N–H and O–H groups in total. The van der Waals surface area contributed by atoms with E-state index in [1.165, 1.54) is 39.2 Å². The lowest BCUT2D eigenvalue weighted by Gasteiger charge is -2.23. The fraction of sp³-hybridized carbons (Fsp3) is 0.267. The number of hydrogen-bond donors (Lipinski definition) is 0. The summed E-state index contributed by atoms with van der Waals surface area (Å²) in [5.41, 5.74) is 9.18. The van der Waals surface area contributed by atoms with Crippen LogP contribution in [0.5, 0.6) is 0 Å². The molecule has 4 heterocycles. The second kappa shape index (κ2) is 6.98. The minimum atomic E-state index is -1.57. The second-order valence-electron chi connectivity index (χ2n) is 11.0. The topological polar surface area (TPSA) is 7.76 Å². The van der Waals surface area contributed by atoms with Crippen LogP contribution in [0, 0.1) is 5.92 Å². The predicted octanol–water partition coefficient (Wildman–Crippen LogP) is 5.26. The highest BCUT2D eigenvalue weighted by Crippen LogP contribution is 2.46. The molecular formula is C30H32N2Si+2. The first-order valence-corrected chi connectivity index (χ1v) is 15.6. The Morgan fingerprint density at radius 3 is 2.00 bits per heavy atom. The third-order valence-corrected chi connectivity index (χ3v) is 9.39. The largest absolute Gasteiger partial charge is 0.417 e. The van der Waals surface area contributed by atoms with Gasteiger partial charge in [-0.2, -0.15) is 0 Å². The normalized spacial score (nSPS) is 17.8. The molecule has 0 amide bonds. The van der Waals surface area contributed by atoms with Crippen molar-refractivity contribution in [3.05, 3.63) is 102 Å². The van der Waals surface area contributed by atoms with Crippen LogP contribution in [0.1, 0.15) is 30.5 Å². The van der Waals surface area contributed by atoms with Crippen LogP contribution in [0.2, 0.25) is 19.6 Å². The Hall–Kier alpha value is -3.04. The fourth-order valence-corrected chi connectivity index (χ4v) is 7.75. The number of pyridine rings is 2. The maximum Gasteiger partial charge on any atom is 0.417 e. The van der Waals surface area contributed by atoms with Crippen molar-refractivity contribution in [2.75, 3.05) is 0 Å². The Bertz CT molecular complexity index is 1370. The number of rotatable bonds is 3. The molecule has 3 heteroatoms. The van der Waals surface area contributed by atoms with Gasteiger partial charge in [0.15, 0.2) is 12.4 Å². The molecule has 2 aliphatic heterocycles. The molecular weight excluding hydrogens is 416 g/mol. The maximum absolute atomic E-state index is 2.60. The van der Waals surface area contributed by atoms with E-state index in [-0.39, 0.29) is 5.66 Å². The van der Waals surface area contributed by atoms with Gasteiger partial charge in [-0.25, -0.2) is 0 Å². The first-order valence-electron chi connectivity index (χ1n) is 12.1. The molecule has 1 atom stereocenters. The van der Waals surface area contributed by atoms with Crippen LogP contribution < -0.4 is 14.3 Å². The molecule has 0 bridgehead atoms. The van der Waals surface area contributed by atoms with E-state index in [9.17, 15) is 0 Å². The molecule has 2 aromatic carbocycles. The standard InChI is InChI=1S/C30H32N2Si/c1-21(2)18-22-19-28-24-13-7-9-15-26(24)30(32(28)20-29(22)33(3,4)5)25-14-8-6-12-23(25)27-16-10-11-17-31(27)30/h6-17,19-21H,18H2,1-5H3/q+2. The van der Waals surface area contributed by atoms with Gasteiger partial charge in [0, 0.05) is 23.4 Å². The minimum absolute atomic E-state index is 0.385. The number of nitrogens with zero attached hydrogens (tertiary/aromatic N) is 2. The first kappa shape index (κ1) is 20.6. The molecule has 0 saturated heterocycles. The maximum atomic E-state index is 2.60. The van der Waals surface area contributed by atoms with Gasteiger partial charge >= 0.3 is 5.66 Å². The van der Waals surface area contributed by atoms with Gasteiger partial charge in [0.2, 0.25) is 11.4 Å². The van der Waals surface area contributed by atoms with Crippen molar-refractivity contribution in [2.45, 2.75) is 45.6 Å². The van der Waals surface area contributed by atoms with Gasteiger partial charge in [-0.05, 0) is 48.2 Å². The van der Waals surface area contributed by atoms with Crippen molar-refractivity contribution in [2.24, 2.45) is 5.92 Å². The summed E-state index contributed by atoms with van der Waals surface area (Å²) in [6, 6.07) is 27.1. The van der Waals surface area contributed by atoms with Crippen LogP contribution >= 0.6 is 0 Å². The van der Waals surface area contributed by atoms with Crippen molar-refractivity contribution in [3.63, 3.8) is 0 Å². The summed E-state index contributed by atoms with van der Waals surface area (Å²) in [5.74, 6) is 0.635. The highest BCUT2D eigenvalue weighted by atomic mass is 28.3. The average Bonchev–Trinajstić information content (AvgIpc) is 3.25. The lowest BCUT2D eigenvalue weighted by Crippen LogP contribution is -2.72. The molecule has 33 heavy (non-hydrogen) atoms. The Morgan fingerprint density at radius 2 is 1.36 bits per heavy atom. The van der Waals surface area contributed by atoms with Crippen LogP contribution in [0.25, 0.3) is 22.5 Å². The van der Waals surface area contributed by atoms with Crippen molar-refractivity contribution in [1.82, 2.24) is 0 Å². The van der Waals surface area contributed by atoms with Crippen LogP contribution in [0.15, 0.2) is 85.2 Å². The SMILES string of the molecule is CC(C)Cc1cc2[n+](cc1[Si](C)(C)C)C1(c3ccccc3-c3cccc[n+]31)c1ccccc1-2. The Morgan fingerprint density at radius 1 is 0.758 bits per heavy atom. The third-order valence-electron chi connectivity index (χ3n) is 7.33. The Kier molecular flexibility index (Phi) is 4.35. The van der Waals surface area contributed by atoms with E-state index in [1.54, 1.807) is 5.19 Å². The van der Waals surface area contributed by atoms with E-state index >= 15 is 0 Å². The van der Waals surface area contributed by atoms with E-state index < -0.39 is 8.07 Å². The molecule has 6 rings (SSSR count). The molecule has 0 radical (unpaired) electrons. The van der Waals surface area contributed by atoms with Crippen molar-refractivity contribution in [3.8, 4) is 22.5 Å². The van der Waals surface area contributed by atoms with E-state index in [2.05, 4.69) is 128 Å². The predicted molar refractivity (Wildman–Crippen MR) is 137 cm³/mol. The number of hydrogen-bond acceptors (Lipinski definition) is 0. The molecule has 164 valence electrons. The highest BCUT2D eigenvalue weighted by molar-refractivity contribution is 6.89. The molecule has 2 aromatic heterocycles. The van der Waals surface area contributed by atoms with Crippen molar-refractivity contribution in [1.29, 1.82) is 0 Å². The Labute approximate surface area is 198 Å². The van der Waals surface area contributed by atoms with Gasteiger partial charge in [-0.1, -0.05) is 57.8 Å². The summed E-state index contributed by atoms with van der Waals surface area (Å²) in [6.45, 7) is 12.1. The summed E-state index contributed by atoms with van der Waals surface area (Å²) >= 11 is 0. The summed E-state index contributed by atoms with van der Waals surface area (Å²) < 4.78 is 5.10. The molecule has 0 fully saturated rings. The molecule has 2 aliphatic rings. The smallest absolute Gasteiger partial charge is 0.126 e. The molecule has 0 saturated carbocycles. The Balaban J connectivity index is 1.78. The van der Waals surface area contributed by atoms with Crippen LogP contribution in [0.3, 0.4) is 0 Å². The second-order valence-corrected chi connectivity index (χ2v) is 16.1. The van der Waals surface area contributed by atoms with Gasteiger partial charge in [0.05, 0.1) is 19.2 Å². The summed E-state index contributed by atoms with van der Waals surface area (Å²) in [6.07, 6.45) is 5.93. The third kappa shape index (κ3) is 2.72.